The zero-order valence-corrected chi connectivity index (χ0v) is 14.8. The van der Waals surface area contributed by atoms with Gasteiger partial charge in [-0.1, -0.05) is 30.9 Å². The Hall–Kier alpha value is -3.12. The van der Waals surface area contributed by atoms with Crippen LogP contribution in [0.25, 0.3) is 0 Å². The molecule has 0 aromatic heterocycles. The number of nitrogens with one attached hydrogen (secondary N) is 3. The zero-order valence-electron chi connectivity index (χ0n) is 14.8. The second-order valence-electron chi connectivity index (χ2n) is 5.92. The lowest BCUT2D eigenvalue weighted by Crippen LogP contribution is -3.09. The summed E-state index contributed by atoms with van der Waals surface area (Å²) in [6.45, 7) is 5.00. The smallest absolute Gasteiger partial charge is 0.293 e. The lowest BCUT2D eigenvalue weighted by atomic mass is 10.2. The number of hydrogen-bond donors (Lipinski definition) is 3. The third-order valence-electron chi connectivity index (χ3n) is 3.61. The monoisotopic (exact) mass is 354 g/mol. The van der Waals surface area contributed by atoms with Crippen molar-refractivity contribution < 1.29 is 19.2 Å². The SMILES string of the molecule is C=CCOc1ccc(C[NH+](C)CC(=O)NNC(=O)c2ccccc2)cc1. The largest absolute Gasteiger partial charge is 0.490 e. The van der Waals surface area contributed by atoms with Crippen LogP contribution in [0.1, 0.15) is 15.9 Å². The summed E-state index contributed by atoms with van der Waals surface area (Å²) >= 11 is 0. The Kier molecular flexibility index (Phi) is 7.39. The van der Waals surface area contributed by atoms with E-state index in [-0.39, 0.29) is 18.4 Å². The van der Waals surface area contributed by atoms with E-state index in [1.165, 1.54) is 0 Å². The molecule has 2 aromatic rings. The van der Waals surface area contributed by atoms with Crippen LogP contribution in [-0.4, -0.2) is 32.0 Å². The minimum absolute atomic E-state index is 0.240. The quantitative estimate of drug-likeness (QED) is 0.483. The number of ether oxygens (including phenoxy) is 1. The summed E-state index contributed by atoms with van der Waals surface area (Å²) in [5.74, 6) is 0.192. The van der Waals surface area contributed by atoms with Gasteiger partial charge >= 0.3 is 0 Å². The third kappa shape index (κ3) is 6.41. The summed E-state index contributed by atoms with van der Waals surface area (Å²) < 4.78 is 5.44. The minimum atomic E-state index is -0.341. The number of carbonyl (C=O) groups is 2. The van der Waals surface area contributed by atoms with E-state index in [2.05, 4.69) is 17.4 Å². The van der Waals surface area contributed by atoms with Gasteiger partial charge in [-0.05, 0) is 36.4 Å². The molecule has 3 N–H and O–H groups in total. The highest BCUT2D eigenvalue weighted by atomic mass is 16.5. The second kappa shape index (κ2) is 10.0. The number of quaternary nitrogens is 1. The molecule has 0 radical (unpaired) electrons. The van der Waals surface area contributed by atoms with Crippen LogP contribution < -0.4 is 20.5 Å². The molecule has 6 heteroatoms. The molecule has 26 heavy (non-hydrogen) atoms. The van der Waals surface area contributed by atoms with Crippen molar-refractivity contribution in [3.63, 3.8) is 0 Å². The lowest BCUT2D eigenvalue weighted by molar-refractivity contribution is -0.885. The summed E-state index contributed by atoms with van der Waals surface area (Å²) in [7, 11) is 1.92. The Balaban J connectivity index is 1.74. The predicted molar refractivity (Wildman–Crippen MR) is 99.6 cm³/mol. The van der Waals surface area contributed by atoms with E-state index in [9.17, 15) is 9.59 Å². The molecule has 136 valence electrons. The molecule has 1 unspecified atom stereocenters. The first-order valence-corrected chi connectivity index (χ1v) is 8.36. The summed E-state index contributed by atoms with van der Waals surface area (Å²) in [6.07, 6.45) is 1.70. The van der Waals surface area contributed by atoms with E-state index >= 15 is 0 Å². The highest BCUT2D eigenvalue weighted by Crippen LogP contribution is 2.11. The Labute approximate surface area is 153 Å². The van der Waals surface area contributed by atoms with Crippen molar-refractivity contribution in [2.24, 2.45) is 0 Å². The van der Waals surface area contributed by atoms with E-state index in [1.54, 1.807) is 30.3 Å². The molecule has 0 saturated carbocycles. The molecule has 0 spiro atoms. The van der Waals surface area contributed by atoms with E-state index < -0.39 is 0 Å². The topological polar surface area (TPSA) is 71.9 Å². The van der Waals surface area contributed by atoms with Crippen LogP contribution >= 0.6 is 0 Å². The Morgan fingerprint density at radius 2 is 1.77 bits per heavy atom. The lowest BCUT2D eigenvalue weighted by Gasteiger charge is -2.14. The first kappa shape index (κ1) is 19.2. The number of hydrogen-bond acceptors (Lipinski definition) is 3. The maximum absolute atomic E-state index is 12.0. The summed E-state index contributed by atoms with van der Waals surface area (Å²) in [5.41, 5.74) is 6.44. The van der Waals surface area contributed by atoms with E-state index in [0.29, 0.717) is 18.7 Å². The number of amides is 2. The third-order valence-corrected chi connectivity index (χ3v) is 3.61. The molecular formula is C20H24N3O3+. The fourth-order valence-electron chi connectivity index (χ4n) is 2.38. The van der Waals surface area contributed by atoms with Gasteiger partial charge in [-0.2, -0.15) is 0 Å². The number of hydrazine groups is 1. The van der Waals surface area contributed by atoms with Gasteiger partial charge < -0.3 is 9.64 Å². The average Bonchev–Trinajstić information content (AvgIpc) is 2.66. The van der Waals surface area contributed by atoms with Crippen molar-refractivity contribution in [1.82, 2.24) is 10.9 Å². The summed E-state index contributed by atoms with van der Waals surface area (Å²) in [5, 5.41) is 0. The highest BCUT2D eigenvalue weighted by molar-refractivity contribution is 5.95. The van der Waals surface area contributed by atoms with Gasteiger partial charge in [-0.3, -0.25) is 20.4 Å². The van der Waals surface area contributed by atoms with Crippen LogP contribution in [0.4, 0.5) is 0 Å². The second-order valence-corrected chi connectivity index (χ2v) is 5.92. The van der Waals surface area contributed by atoms with Crippen molar-refractivity contribution in [3.8, 4) is 5.75 Å². The van der Waals surface area contributed by atoms with Crippen LogP contribution in [0.3, 0.4) is 0 Å². The minimum Gasteiger partial charge on any atom is -0.490 e. The Morgan fingerprint density at radius 3 is 2.42 bits per heavy atom. The molecule has 0 aliphatic heterocycles. The van der Waals surface area contributed by atoms with Gasteiger partial charge in [0.05, 0.1) is 7.05 Å². The maximum Gasteiger partial charge on any atom is 0.293 e. The molecule has 0 fully saturated rings. The number of rotatable bonds is 8. The molecule has 0 aliphatic rings. The fraction of sp³-hybridized carbons (Fsp3) is 0.200. The molecule has 2 rings (SSSR count). The highest BCUT2D eigenvalue weighted by Gasteiger charge is 2.12. The molecular weight excluding hydrogens is 330 g/mol. The van der Waals surface area contributed by atoms with Crippen molar-refractivity contribution in [1.29, 1.82) is 0 Å². The van der Waals surface area contributed by atoms with Crippen molar-refractivity contribution in [2.75, 3.05) is 20.2 Å². The zero-order chi connectivity index (χ0) is 18.8. The van der Waals surface area contributed by atoms with Crippen molar-refractivity contribution in [2.45, 2.75) is 6.54 Å². The van der Waals surface area contributed by atoms with Crippen LogP contribution in [0.5, 0.6) is 5.75 Å². The number of carbonyl (C=O) groups excluding carboxylic acids is 2. The van der Waals surface area contributed by atoms with E-state index in [0.717, 1.165) is 16.2 Å². The van der Waals surface area contributed by atoms with Gasteiger partial charge in [-0.15, -0.1) is 0 Å². The molecule has 2 amide bonds. The number of likely N-dealkylation sites (N-methyl/N-ethyl adjacent to an activating group) is 1. The predicted octanol–water partition coefficient (Wildman–Crippen LogP) is 0.727. The van der Waals surface area contributed by atoms with Gasteiger partial charge in [0.2, 0.25) is 0 Å². The van der Waals surface area contributed by atoms with Crippen LogP contribution in [0.15, 0.2) is 67.3 Å². The molecule has 2 aromatic carbocycles. The van der Waals surface area contributed by atoms with Gasteiger partial charge in [0.1, 0.15) is 18.9 Å². The van der Waals surface area contributed by atoms with Gasteiger partial charge in [0.25, 0.3) is 11.8 Å². The van der Waals surface area contributed by atoms with Gasteiger partial charge in [0.15, 0.2) is 6.54 Å². The van der Waals surface area contributed by atoms with Crippen LogP contribution in [0, 0.1) is 0 Å². The molecule has 0 heterocycles. The van der Waals surface area contributed by atoms with Crippen LogP contribution in [0.2, 0.25) is 0 Å². The van der Waals surface area contributed by atoms with Crippen molar-refractivity contribution >= 4 is 11.8 Å². The van der Waals surface area contributed by atoms with Gasteiger partial charge in [-0.25, -0.2) is 0 Å². The fourth-order valence-corrected chi connectivity index (χ4v) is 2.38. The number of benzene rings is 2. The standard InChI is InChI=1S/C20H23N3O3/c1-3-13-26-18-11-9-16(10-12-18)14-23(2)15-19(24)21-22-20(25)17-7-5-4-6-8-17/h3-12H,1,13-15H2,2H3,(H,21,24)(H,22,25)/p+1. The van der Waals surface area contributed by atoms with Gasteiger partial charge in [0, 0.05) is 11.1 Å². The Morgan fingerprint density at radius 1 is 1.08 bits per heavy atom. The molecule has 0 aliphatic carbocycles. The first-order chi connectivity index (χ1) is 12.6. The normalized spacial score (nSPS) is 11.3. The first-order valence-electron chi connectivity index (χ1n) is 8.36. The summed E-state index contributed by atoms with van der Waals surface area (Å²) in [6, 6.07) is 16.5. The average molecular weight is 354 g/mol. The summed E-state index contributed by atoms with van der Waals surface area (Å²) in [4.78, 5) is 24.9. The molecule has 1 atom stereocenters. The molecule has 0 bridgehead atoms. The maximum atomic E-state index is 12.0. The molecule has 0 saturated heterocycles. The van der Waals surface area contributed by atoms with Crippen LogP contribution in [-0.2, 0) is 11.3 Å². The Bertz CT molecular complexity index is 730. The van der Waals surface area contributed by atoms with Crippen molar-refractivity contribution in [3.05, 3.63) is 78.4 Å². The van der Waals surface area contributed by atoms with E-state index in [1.807, 2.05) is 37.4 Å². The molecule has 6 nitrogen and oxygen atoms in total. The van der Waals surface area contributed by atoms with E-state index in [4.69, 9.17) is 4.74 Å².